The second-order valence-electron chi connectivity index (χ2n) is 18.8. The topological polar surface area (TPSA) is 220 Å². The fourth-order valence-electron chi connectivity index (χ4n) is 9.17. The summed E-state index contributed by atoms with van der Waals surface area (Å²) in [7, 11) is 3.28. The van der Waals surface area contributed by atoms with Crippen LogP contribution in [0.4, 0.5) is 4.79 Å². The summed E-state index contributed by atoms with van der Waals surface area (Å²) >= 11 is 3.40. The Labute approximate surface area is 395 Å². The van der Waals surface area contributed by atoms with Crippen molar-refractivity contribution in [1.82, 2.24) is 45.8 Å². The van der Waals surface area contributed by atoms with Gasteiger partial charge in [0.1, 0.15) is 22.8 Å². The Morgan fingerprint density at radius 3 is 1.90 bits per heavy atom. The van der Waals surface area contributed by atoms with E-state index in [1.165, 1.54) is 4.90 Å². The number of aryl methyl sites for hydroxylation is 2. The van der Waals surface area contributed by atoms with Crippen molar-refractivity contribution >= 4 is 45.4 Å². The van der Waals surface area contributed by atoms with E-state index in [1.807, 2.05) is 54.7 Å². The predicted octanol–water partition coefficient (Wildman–Crippen LogP) is 5.19. The van der Waals surface area contributed by atoms with Crippen LogP contribution in [0.1, 0.15) is 76.8 Å². The molecule has 3 saturated heterocycles. The number of carbonyl (C=O) groups is 5. The Balaban J connectivity index is 0.000000131. The number of piperidine rings is 1. The number of methoxy groups -OCH3 is 2. The van der Waals surface area contributed by atoms with Gasteiger partial charge in [0.15, 0.2) is 23.2 Å². The zero-order valence-electron chi connectivity index (χ0n) is 38.0. The number of alkyl halides is 1. The van der Waals surface area contributed by atoms with Gasteiger partial charge in [-0.3, -0.25) is 19.2 Å². The van der Waals surface area contributed by atoms with Crippen LogP contribution in [0.15, 0.2) is 60.9 Å². The summed E-state index contributed by atoms with van der Waals surface area (Å²) in [5, 5.41) is 9.13. The van der Waals surface area contributed by atoms with Crippen molar-refractivity contribution in [3.8, 4) is 45.7 Å². The van der Waals surface area contributed by atoms with Gasteiger partial charge in [0.25, 0.3) is 5.91 Å². The number of nitrogens with zero attached hydrogens (tertiary/aromatic N) is 5. The van der Waals surface area contributed by atoms with Crippen molar-refractivity contribution in [1.29, 1.82) is 0 Å². The summed E-state index contributed by atoms with van der Waals surface area (Å²) in [5.74, 6) is 2.59. The minimum absolute atomic E-state index is 0.0212. The largest absolute Gasteiger partial charge is 0.497 e. The van der Waals surface area contributed by atoms with E-state index >= 15 is 0 Å². The maximum atomic E-state index is 12.7. The predicted molar refractivity (Wildman–Crippen MR) is 250 cm³/mol. The van der Waals surface area contributed by atoms with Crippen LogP contribution in [-0.2, 0) is 39.0 Å². The Morgan fingerprint density at radius 2 is 1.34 bits per heavy atom. The molecule has 3 fully saturated rings. The lowest BCUT2D eigenvalue weighted by Gasteiger charge is -2.50. The third-order valence-corrected chi connectivity index (χ3v) is 13.9. The number of hydrogen-bond donors (Lipinski definition) is 4. The SMILES string of the molecule is CC(C)(C)OC(=O)N1CC2(CNC(=O)CC2=O)C1.COc1ccc(-c2ncc3c(n2)-c2[nH]c4c(c2CC3)C(=O)NCC42CNC2)cc1.COc1ccc(-c2ncc3c(n2)C(=O)C(Br)CC3)cc1. The Kier molecular flexibility index (Phi) is 12.2. The molecule has 11 rings (SSSR count). The quantitative estimate of drug-likeness (QED) is 0.135. The van der Waals surface area contributed by atoms with Crippen LogP contribution in [0.3, 0.4) is 0 Å². The molecule has 3 aromatic heterocycles. The molecule has 17 nitrogen and oxygen atoms in total. The number of ether oxygens (including phenoxy) is 3. The molecule has 348 valence electrons. The second kappa shape index (κ2) is 17.9. The van der Waals surface area contributed by atoms with Gasteiger partial charge in [-0.1, -0.05) is 15.9 Å². The van der Waals surface area contributed by atoms with E-state index < -0.39 is 17.1 Å². The lowest BCUT2D eigenvalue weighted by molar-refractivity contribution is -0.146. The van der Waals surface area contributed by atoms with E-state index in [9.17, 15) is 24.0 Å². The smallest absolute Gasteiger partial charge is 0.410 e. The highest BCUT2D eigenvalue weighted by atomic mass is 79.9. The van der Waals surface area contributed by atoms with Crippen molar-refractivity contribution in [3.63, 3.8) is 0 Å². The Morgan fingerprint density at radius 1 is 0.761 bits per heavy atom. The number of fused-ring (bicyclic) bond motifs is 7. The molecule has 7 heterocycles. The monoisotopic (exact) mass is 973 g/mol. The lowest BCUT2D eigenvalue weighted by Crippen LogP contribution is -2.68. The maximum absolute atomic E-state index is 12.7. The number of benzene rings is 2. The van der Waals surface area contributed by atoms with Gasteiger partial charge in [0, 0.05) is 68.5 Å². The summed E-state index contributed by atoms with van der Waals surface area (Å²) < 4.78 is 15.6. The standard InChI is InChI=1S/C22H21N5O2.C15H13BrN2O2.C12H18N2O4/c1-29-14-5-2-12(3-6-14)20-24-8-13-4-7-15-16-19(26-18(15)17(13)27-20)22(9-23-10-22)11-25-21(16)28;1-20-11-5-2-9(3-6-11)15-17-8-10-4-7-12(16)14(19)13(10)18-15;1-11(2,3)18-10(17)14-6-12(7-14)5-13-9(16)4-8(12)15/h2-3,5-6,8,23,26H,4,7,9-11H2,1H3,(H,25,28);2-3,5-6,8,12H,4,7H2,1H3;4-7H2,1-3H3,(H,13,16). The summed E-state index contributed by atoms with van der Waals surface area (Å²) in [6, 6.07) is 15.2. The number of carbonyl (C=O) groups excluding carboxylic acids is 5. The zero-order valence-corrected chi connectivity index (χ0v) is 39.6. The van der Waals surface area contributed by atoms with Gasteiger partial charge in [0.05, 0.1) is 53.2 Å². The molecule has 2 aromatic carbocycles. The number of halogens is 1. The molecule has 0 bridgehead atoms. The van der Waals surface area contributed by atoms with Gasteiger partial charge < -0.3 is 40.0 Å². The zero-order chi connectivity index (χ0) is 47.3. The fraction of sp³-hybridized carbons (Fsp3) is 0.408. The van der Waals surface area contributed by atoms with Crippen LogP contribution < -0.4 is 25.4 Å². The molecule has 1 atom stereocenters. The maximum Gasteiger partial charge on any atom is 0.410 e. The number of likely N-dealkylation sites (tertiary alicyclic amines) is 1. The van der Waals surface area contributed by atoms with E-state index in [4.69, 9.17) is 19.2 Å². The number of ketones is 2. The molecule has 5 aromatic rings. The van der Waals surface area contributed by atoms with Gasteiger partial charge in [0.2, 0.25) is 5.91 Å². The third-order valence-electron chi connectivity index (χ3n) is 13.0. The van der Waals surface area contributed by atoms with Gasteiger partial charge in [-0.05, 0) is 112 Å². The number of nitrogens with one attached hydrogen (secondary N) is 4. The first kappa shape index (κ1) is 45.6. The number of amides is 3. The van der Waals surface area contributed by atoms with Crippen LogP contribution in [0.2, 0.25) is 0 Å². The van der Waals surface area contributed by atoms with E-state index in [0.29, 0.717) is 43.5 Å². The molecule has 0 saturated carbocycles. The Hall–Kier alpha value is -6.53. The highest BCUT2D eigenvalue weighted by molar-refractivity contribution is 9.10. The normalized spacial score (nSPS) is 19.3. The highest BCUT2D eigenvalue weighted by Gasteiger charge is 2.54. The van der Waals surface area contributed by atoms with Crippen LogP contribution >= 0.6 is 15.9 Å². The van der Waals surface area contributed by atoms with E-state index in [1.54, 1.807) is 41.2 Å². The van der Waals surface area contributed by atoms with Crippen LogP contribution in [0.25, 0.3) is 34.2 Å². The third kappa shape index (κ3) is 8.91. The molecule has 67 heavy (non-hydrogen) atoms. The fourth-order valence-corrected chi connectivity index (χ4v) is 9.62. The number of rotatable bonds is 4. The summed E-state index contributed by atoms with van der Waals surface area (Å²) in [6.45, 7) is 8.83. The van der Waals surface area contributed by atoms with E-state index in [-0.39, 0.29) is 40.0 Å². The van der Waals surface area contributed by atoms with E-state index in [0.717, 1.165) is 101 Å². The number of Topliss-reactive ketones (excluding diaryl/α,β-unsaturated/α-hetero) is 2. The first-order valence-electron chi connectivity index (χ1n) is 22.3. The average molecular weight is 975 g/mol. The van der Waals surface area contributed by atoms with Crippen LogP contribution in [-0.4, -0.2) is 123 Å². The highest BCUT2D eigenvalue weighted by Crippen LogP contribution is 2.42. The lowest BCUT2D eigenvalue weighted by atomic mass is 9.73. The summed E-state index contributed by atoms with van der Waals surface area (Å²) in [6.07, 6.45) is 6.51. The molecule has 2 spiro atoms. The molecular weight excluding hydrogens is 922 g/mol. The molecule has 4 aliphatic heterocycles. The van der Waals surface area contributed by atoms with Crippen molar-refractivity contribution < 1.29 is 38.2 Å². The molecule has 0 radical (unpaired) electrons. The molecule has 18 heteroatoms. The number of H-pyrrole nitrogens is 1. The minimum atomic E-state index is -0.579. The molecule has 6 aliphatic rings. The number of aromatic nitrogens is 5. The molecule has 2 aliphatic carbocycles. The first-order valence-corrected chi connectivity index (χ1v) is 23.2. The van der Waals surface area contributed by atoms with Crippen molar-refractivity contribution in [2.75, 3.05) is 53.5 Å². The molecule has 3 amide bonds. The van der Waals surface area contributed by atoms with Crippen molar-refractivity contribution in [2.45, 2.75) is 68.7 Å². The first-order chi connectivity index (χ1) is 32.1. The van der Waals surface area contributed by atoms with Gasteiger partial charge >= 0.3 is 6.09 Å². The van der Waals surface area contributed by atoms with Gasteiger partial charge in [-0.2, -0.15) is 0 Å². The van der Waals surface area contributed by atoms with E-state index in [2.05, 4.69) is 51.8 Å². The van der Waals surface area contributed by atoms with Crippen LogP contribution in [0.5, 0.6) is 11.5 Å². The van der Waals surface area contributed by atoms with Gasteiger partial charge in [-0.15, -0.1) is 0 Å². The van der Waals surface area contributed by atoms with Gasteiger partial charge in [-0.25, -0.2) is 24.7 Å². The molecule has 4 N–H and O–H groups in total. The number of aromatic amines is 1. The second-order valence-corrected chi connectivity index (χ2v) is 19.9. The van der Waals surface area contributed by atoms with Crippen LogP contribution in [0, 0.1) is 5.41 Å². The molecular formula is C49H52BrN9O8. The van der Waals surface area contributed by atoms with Crippen molar-refractivity contribution in [2.24, 2.45) is 5.41 Å². The van der Waals surface area contributed by atoms with Crippen molar-refractivity contribution in [3.05, 3.63) is 94.6 Å². The molecule has 1 unspecified atom stereocenters. The number of hydrogen-bond acceptors (Lipinski definition) is 13. The minimum Gasteiger partial charge on any atom is -0.497 e. The Bertz CT molecular complexity index is 2780. The summed E-state index contributed by atoms with van der Waals surface area (Å²) in [4.78, 5) is 82.8. The average Bonchev–Trinajstić information content (AvgIpc) is 3.71. The summed E-state index contributed by atoms with van der Waals surface area (Å²) in [5.41, 5.74) is 8.17.